The second-order valence-electron chi connectivity index (χ2n) is 5.92. The van der Waals surface area contributed by atoms with Gasteiger partial charge in [-0.05, 0) is 18.1 Å². The van der Waals surface area contributed by atoms with Crippen molar-refractivity contribution in [3.63, 3.8) is 0 Å². The third-order valence-electron chi connectivity index (χ3n) is 4.33. The molecule has 25 heavy (non-hydrogen) atoms. The average Bonchev–Trinajstić information content (AvgIpc) is 2.87. The number of carbonyl (C=O) groups excluding carboxylic acids is 2. The van der Waals surface area contributed by atoms with Gasteiger partial charge in [-0.25, -0.2) is 14.5 Å². The van der Waals surface area contributed by atoms with Gasteiger partial charge in [0, 0.05) is 6.42 Å². The molecule has 1 fully saturated rings. The molecule has 2 aromatic carbocycles. The second kappa shape index (κ2) is 6.39. The number of aliphatic carboxylic acids is 1. The molecule has 0 bridgehead atoms. The summed E-state index contributed by atoms with van der Waals surface area (Å²) < 4.78 is 5.12. The number of imide groups is 1. The van der Waals surface area contributed by atoms with Crippen LogP contribution in [-0.2, 0) is 20.7 Å². The van der Waals surface area contributed by atoms with Crippen molar-refractivity contribution in [2.75, 3.05) is 0 Å². The first-order valence-electron chi connectivity index (χ1n) is 7.84. The van der Waals surface area contributed by atoms with E-state index in [1.807, 2.05) is 6.07 Å². The predicted molar refractivity (Wildman–Crippen MR) is 88.7 cm³/mol. The van der Waals surface area contributed by atoms with Gasteiger partial charge < -0.3 is 9.84 Å². The van der Waals surface area contributed by atoms with Crippen molar-refractivity contribution in [1.82, 2.24) is 4.90 Å². The lowest BCUT2D eigenvalue weighted by Gasteiger charge is -2.23. The SMILES string of the molecule is C[C@H](c1ccccc1)N1C(=O)OC(Cc2ccccc2)(C(=O)O)C1=O. The van der Waals surface area contributed by atoms with Gasteiger partial charge >= 0.3 is 12.1 Å². The van der Waals surface area contributed by atoms with Crippen molar-refractivity contribution in [3.8, 4) is 0 Å². The normalized spacial score (nSPS) is 21.1. The summed E-state index contributed by atoms with van der Waals surface area (Å²) in [6.45, 7) is 1.66. The number of benzene rings is 2. The van der Waals surface area contributed by atoms with Gasteiger partial charge in [0.25, 0.3) is 11.5 Å². The highest BCUT2D eigenvalue weighted by molar-refractivity contribution is 6.15. The van der Waals surface area contributed by atoms with Crippen LogP contribution in [0.3, 0.4) is 0 Å². The van der Waals surface area contributed by atoms with Crippen LogP contribution in [0.1, 0.15) is 24.1 Å². The molecule has 0 saturated carbocycles. The fraction of sp³-hybridized carbons (Fsp3) is 0.211. The molecule has 1 unspecified atom stereocenters. The Labute approximate surface area is 144 Å². The van der Waals surface area contributed by atoms with Crippen LogP contribution < -0.4 is 0 Å². The molecule has 0 spiro atoms. The highest BCUT2D eigenvalue weighted by Gasteiger charge is 2.61. The van der Waals surface area contributed by atoms with Crippen LogP contribution in [0.15, 0.2) is 60.7 Å². The summed E-state index contributed by atoms with van der Waals surface area (Å²) in [5, 5.41) is 9.66. The molecule has 3 rings (SSSR count). The van der Waals surface area contributed by atoms with Gasteiger partial charge in [0.05, 0.1) is 6.04 Å². The number of cyclic esters (lactones) is 1. The number of ether oxygens (including phenoxy) is 1. The minimum absolute atomic E-state index is 0.217. The molecule has 1 aliphatic rings. The molecule has 1 heterocycles. The number of rotatable bonds is 5. The zero-order chi connectivity index (χ0) is 18.0. The van der Waals surface area contributed by atoms with Crippen molar-refractivity contribution >= 4 is 18.0 Å². The second-order valence-corrected chi connectivity index (χ2v) is 5.92. The molecule has 2 aromatic rings. The number of nitrogens with zero attached hydrogens (tertiary/aromatic N) is 1. The van der Waals surface area contributed by atoms with E-state index in [2.05, 4.69) is 0 Å². The third-order valence-corrected chi connectivity index (χ3v) is 4.33. The zero-order valence-electron chi connectivity index (χ0n) is 13.6. The Morgan fingerprint density at radius 1 is 1.08 bits per heavy atom. The first kappa shape index (κ1) is 16.7. The molecule has 0 aliphatic carbocycles. The minimum Gasteiger partial charge on any atom is -0.478 e. The number of carbonyl (C=O) groups is 3. The summed E-state index contributed by atoms with van der Waals surface area (Å²) >= 11 is 0. The average molecular weight is 339 g/mol. The summed E-state index contributed by atoms with van der Waals surface area (Å²) in [5.41, 5.74) is -0.921. The molecule has 6 nitrogen and oxygen atoms in total. The maximum Gasteiger partial charge on any atom is 0.418 e. The third kappa shape index (κ3) is 2.87. The molecule has 6 heteroatoms. The zero-order valence-corrected chi connectivity index (χ0v) is 13.6. The molecule has 0 radical (unpaired) electrons. The van der Waals surface area contributed by atoms with E-state index in [0.717, 1.165) is 4.90 Å². The van der Waals surface area contributed by atoms with Gasteiger partial charge in [0.2, 0.25) is 0 Å². The fourth-order valence-electron chi connectivity index (χ4n) is 2.94. The van der Waals surface area contributed by atoms with E-state index in [0.29, 0.717) is 11.1 Å². The number of hydrogen-bond donors (Lipinski definition) is 1. The van der Waals surface area contributed by atoms with Crippen LogP contribution in [0, 0.1) is 0 Å². The fourth-order valence-corrected chi connectivity index (χ4v) is 2.94. The highest BCUT2D eigenvalue weighted by atomic mass is 16.6. The topological polar surface area (TPSA) is 83.9 Å². The highest BCUT2D eigenvalue weighted by Crippen LogP contribution is 2.34. The Balaban J connectivity index is 1.96. The number of hydrogen-bond acceptors (Lipinski definition) is 4. The first-order chi connectivity index (χ1) is 12.0. The summed E-state index contributed by atoms with van der Waals surface area (Å²) in [5.74, 6) is -2.33. The quantitative estimate of drug-likeness (QED) is 0.847. The van der Waals surface area contributed by atoms with Crippen LogP contribution in [-0.4, -0.2) is 33.6 Å². The Bertz CT molecular complexity index is 805. The van der Waals surface area contributed by atoms with E-state index >= 15 is 0 Å². The van der Waals surface area contributed by atoms with E-state index in [4.69, 9.17) is 4.74 Å². The van der Waals surface area contributed by atoms with E-state index < -0.39 is 29.6 Å². The van der Waals surface area contributed by atoms with E-state index in [1.54, 1.807) is 61.5 Å². The standard InChI is InChI=1S/C19H17NO5/c1-13(15-10-6-3-7-11-15)20-16(21)19(17(22)23,25-18(20)24)12-14-8-4-2-5-9-14/h2-11,13H,12H2,1H3,(H,22,23)/t13-,19?/m1/s1. The number of carboxylic acids is 1. The van der Waals surface area contributed by atoms with Gasteiger partial charge in [-0.2, -0.15) is 0 Å². The van der Waals surface area contributed by atoms with Crippen LogP contribution in [0.4, 0.5) is 4.79 Å². The molecular weight excluding hydrogens is 322 g/mol. The maximum atomic E-state index is 12.9. The minimum atomic E-state index is -2.23. The largest absolute Gasteiger partial charge is 0.478 e. The van der Waals surface area contributed by atoms with E-state index in [9.17, 15) is 19.5 Å². The van der Waals surface area contributed by atoms with E-state index in [1.165, 1.54) is 0 Å². The van der Waals surface area contributed by atoms with Crippen molar-refractivity contribution in [2.24, 2.45) is 0 Å². The van der Waals surface area contributed by atoms with E-state index in [-0.39, 0.29) is 6.42 Å². The molecule has 0 aromatic heterocycles. The van der Waals surface area contributed by atoms with Crippen molar-refractivity contribution < 1.29 is 24.2 Å². The van der Waals surface area contributed by atoms with Crippen LogP contribution in [0.2, 0.25) is 0 Å². The predicted octanol–water partition coefficient (Wildman–Crippen LogP) is 2.79. The van der Waals surface area contributed by atoms with Crippen molar-refractivity contribution in [1.29, 1.82) is 0 Å². The maximum absolute atomic E-state index is 12.9. The van der Waals surface area contributed by atoms with Crippen LogP contribution in [0.25, 0.3) is 0 Å². The Kier molecular flexibility index (Phi) is 4.27. The van der Waals surface area contributed by atoms with Gasteiger partial charge in [0.15, 0.2) is 0 Å². The number of amides is 2. The lowest BCUT2D eigenvalue weighted by Crippen LogP contribution is -2.50. The molecule has 2 atom stereocenters. The first-order valence-corrected chi connectivity index (χ1v) is 7.84. The molecule has 2 amide bonds. The van der Waals surface area contributed by atoms with Gasteiger partial charge in [-0.1, -0.05) is 60.7 Å². The summed E-state index contributed by atoms with van der Waals surface area (Å²) in [6, 6.07) is 16.9. The summed E-state index contributed by atoms with van der Waals surface area (Å²) in [4.78, 5) is 38.0. The van der Waals surface area contributed by atoms with Crippen LogP contribution in [0.5, 0.6) is 0 Å². The lowest BCUT2D eigenvalue weighted by molar-refractivity contribution is -0.162. The Morgan fingerprint density at radius 3 is 2.20 bits per heavy atom. The van der Waals surface area contributed by atoms with Gasteiger partial charge in [-0.3, -0.25) is 4.79 Å². The van der Waals surface area contributed by atoms with Crippen molar-refractivity contribution in [3.05, 3.63) is 71.8 Å². The molecule has 128 valence electrons. The Morgan fingerprint density at radius 2 is 1.64 bits per heavy atom. The smallest absolute Gasteiger partial charge is 0.418 e. The molecule has 1 aliphatic heterocycles. The summed E-state index contributed by atoms with van der Waals surface area (Å²) in [7, 11) is 0. The van der Waals surface area contributed by atoms with Gasteiger partial charge in [0.1, 0.15) is 0 Å². The van der Waals surface area contributed by atoms with Gasteiger partial charge in [-0.15, -0.1) is 0 Å². The summed E-state index contributed by atoms with van der Waals surface area (Å²) in [6.07, 6.45) is -1.16. The number of carboxylic acid groups (broad SMARTS) is 1. The molecule has 1 N–H and O–H groups in total. The van der Waals surface area contributed by atoms with Crippen LogP contribution >= 0.6 is 0 Å². The lowest BCUT2D eigenvalue weighted by atomic mass is 9.93. The van der Waals surface area contributed by atoms with Crippen molar-refractivity contribution in [2.45, 2.75) is 25.0 Å². The Hall–Kier alpha value is -3.15. The monoisotopic (exact) mass is 339 g/mol. The molecular formula is C19H17NO5. The molecule has 1 saturated heterocycles.